The molecule has 0 radical (unpaired) electrons. The van der Waals surface area contributed by atoms with Crippen molar-refractivity contribution >= 4 is 39.0 Å². The summed E-state index contributed by atoms with van der Waals surface area (Å²) in [6, 6.07) is 1.37. The molecule has 8 nitrogen and oxygen atoms in total. The molecule has 0 unspecified atom stereocenters. The summed E-state index contributed by atoms with van der Waals surface area (Å²) in [6.07, 6.45) is 10.4. The molecule has 0 aliphatic carbocycles. The minimum absolute atomic E-state index is 0.0681. The molecule has 1 saturated heterocycles. The number of hydrogen-bond acceptors (Lipinski definition) is 6. The van der Waals surface area contributed by atoms with Crippen LogP contribution in [0.25, 0.3) is 0 Å². The summed E-state index contributed by atoms with van der Waals surface area (Å²) in [7, 11) is -1.37. The van der Waals surface area contributed by atoms with Gasteiger partial charge in [-0.05, 0) is 82.1 Å². The van der Waals surface area contributed by atoms with Crippen molar-refractivity contribution < 1.29 is 23.5 Å². The molecule has 0 spiro atoms. The lowest BCUT2D eigenvalue weighted by Gasteiger charge is -2.54. The predicted molar refractivity (Wildman–Crippen MR) is 196 cm³/mol. The highest BCUT2D eigenvalue weighted by atomic mass is 31.2. The number of amides is 1. The Kier molecular flexibility index (Phi) is 16.2. The quantitative estimate of drug-likeness (QED) is 0.0333. The van der Waals surface area contributed by atoms with E-state index in [0.717, 1.165) is 62.7 Å². The maximum absolute atomic E-state index is 14.7. The SMILES string of the molecule is C=CCOC(=O)C(N1C(=O)[C@@H]([C@@H](CO[SiH](C)C)C(C)(C)C)[C@H]1CC(=O)c1cc(C)n(CC)n1)=P(CCCC)(CCCC)CCCC. The van der Waals surface area contributed by atoms with Crippen molar-refractivity contribution in [3.8, 4) is 0 Å². The van der Waals surface area contributed by atoms with Crippen LogP contribution < -0.4 is 0 Å². The van der Waals surface area contributed by atoms with E-state index in [2.05, 4.69) is 66.3 Å². The lowest BCUT2D eigenvalue weighted by Crippen LogP contribution is -2.69. The fraction of sp³-hybridized carbons (Fsp3) is 0.750. The topological polar surface area (TPSA) is 90.7 Å². The number of aryl methyl sites for hydroxylation is 2. The number of carbonyl (C=O) groups is 3. The summed E-state index contributed by atoms with van der Waals surface area (Å²) in [5, 5.41) is 4.59. The van der Waals surface area contributed by atoms with Crippen LogP contribution in [0.3, 0.4) is 0 Å². The molecule has 1 aromatic rings. The number of hydrogen-bond donors (Lipinski definition) is 0. The largest absolute Gasteiger partial charge is 0.457 e. The maximum atomic E-state index is 14.7. The minimum Gasteiger partial charge on any atom is -0.457 e. The average Bonchev–Trinajstić information content (AvgIpc) is 3.39. The van der Waals surface area contributed by atoms with Gasteiger partial charge in [-0.1, -0.05) is 80.3 Å². The van der Waals surface area contributed by atoms with Crippen molar-refractivity contribution in [3.05, 3.63) is 30.1 Å². The first-order valence-corrected chi connectivity index (χ1v) is 22.9. The first-order valence-electron chi connectivity index (χ1n) is 17.8. The Labute approximate surface area is 281 Å². The molecule has 1 aromatic heterocycles. The third-order valence-corrected chi connectivity index (χ3v) is 15.1. The number of aromatic nitrogens is 2. The van der Waals surface area contributed by atoms with Crippen molar-refractivity contribution in [3.63, 3.8) is 0 Å². The lowest BCUT2D eigenvalue weighted by atomic mass is 9.65. The molecule has 1 aliphatic heterocycles. The van der Waals surface area contributed by atoms with Crippen LogP contribution in [0.2, 0.25) is 13.1 Å². The van der Waals surface area contributed by atoms with Crippen LogP contribution in [0.1, 0.15) is 110 Å². The number of ether oxygens (including phenoxy) is 1. The van der Waals surface area contributed by atoms with Gasteiger partial charge in [0.15, 0.2) is 14.8 Å². The van der Waals surface area contributed by atoms with Crippen molar-refractivity contribution in [2.75, 3.05) is 31.7 Å². The summed E-state index contributed by atoms with van der Waals surface area (Å²) in [6.45, 7) is 24.1. The van der Waals surface area contributed by atoms with Crippen LogP contribution >= 0.6 is 6.89 Å². The summed E-state index contributed by atoms with van der Waals surface area (Å²) in [5.74, 6) is -1.14. The third kappa shape index (κ3) is 10.0. The Morgan fingerprint density at radius 1 is 1.07 bits per heavy atom. The molecular formula is C36H64N3O5PSi. The van der Waals surface area contributed by atoms with Crippen LogP contribution in [0.15, 0.2) is 18.7 Å². The Hall–Kier alpha value is -1.96. The zero-order valence-corrected chi connectivity index (χ0v) is 32.7. The molecule has 46 heavy (non-hydrogen) atoms. The van der Waals surface area contributed by atoms with Gasteiger partial charge in [0.05, 0.1) is 12.0 Å². The fourth-order valence-electron chi connectivity index (χ4n) is 6.69. The van der Waals surface area contributed by atoms with Crippen LogP contribution in [-0.2, 0) is 25.3 Å². The third-order valence-electron chi connectivity index (χ3n) is 9.40. The minimum atomic E-state index is -2.14. The first kappa shape index (κ1) is 40.2. The van der Waals surface area contributed by atoms with Gasteiger partial charge in [0.25, 0.3) is 0 Å². The monoisotopic (exact) mass is 677 g/mol. The van der Waals surface area contributed by atoms with E-state index in [1.54, 1.807) is 11.0 Å². The van der Waals surface area contributed by atoms with Crippen molar-refractivity contribution in [1.29, 1.82) is 0 Å². The Balaban J connectivity index is 2.87. The first-order chi connectivity index (χ1) is 21.7. The number of nitrogens with zero attached hydrogens (tertiary/aromatic N) is 3. The Morgan fingerprint density at radius 3 is 2.07 bits per heavy atom. The predicted octanol–water partition coefficient (Wildman–Crippen LogP) is 7.55. The van der Waals surface area contributed by atoms with Gasteiger partial charge in [-0.15, -0.1) is 0 Å². The number of esters is 1. The summed E-state index contributed by atoms with van der Waals surface area (Å²) in [4.78, 5) is 44.8. The highest BCUT2D eigenvalue weighted by molar-refractivity contribution is 7.77. The van der Waals surface area contributed by atoms with Crippen LogP contribution in [0.5, 0.6) is 0 Å². The molecule has 2 heterocycles. The van der Waals surface area contributed by atoms with Crippen molar-refractivity contribution in [2.45, 2.75) is 126 Å². The zero-order chi connectivity index (χ0) is 34.7. The molecule has 10 heteroatoms. The van der Waals surface area contributed by atoms with Gasteiger partial charge in [0, 0.05) is 25.3 Å². The van der Waals surface area contributed by atoms with E-state index in [0.29, 0.717) is 24.3 Å². The standard InChI is InChI=1S/C36H64N3O5PSi/c1-12-17-21-45(22-18-13-2,23-19-14-3)34(35(42)43-20-15-4)39-30(25-31(40)29-24-27(6)38(16-5)37-29)32(33(39)41)28(36(7,8)9)26-44-46(10)11/h15,24,28,30,32,46H,4,12-14,16-23,25-26H2,1-3,5-11H3/t28-,30-,32+/m1/s1. The molecular weight excluding hydrogens is 613 g/mol. The smallest absolute Gasteiger partial charge is 0.355 e. The highest BCUT2D eigenvalue weighted by Gasteiger charge is 2.57. The molecule has 0 N–H and O–H groups in total. The second-order valence-corrected chi connectivity index (χ2v) is 20.8. The van der Waals surface area contributed by atoms with Gasteiger partial charge >= 0.3 is 5.97 Å². The van der Waals surface area contributed by atoms with Crippen LogP contribution in [0, 0.1) is 24.2 Å². The average molecular weight is 678 g/mol. The fourth-order valence-corrected chi connectivity index (χ4v) is 12.5. The molecule has 0 saturated carbocycles. The van der Waals surface area contributed by atoms with Crippen LogP contribution in [-0.4, -0.2) is 84.5 Å². The molecule has 0 aromatic carbocycles. The van der Waals surface area contributed by atoms with Crippen molar-refractivity contribution in [2.24, 2.45) is 17.3 Å². The summed E-state index contributed by atoms with van der Waals surface area (Å²) >= 11 is 0. The van der Waals surface area contributed by atoms with E-state index in [1.807, 2.05) is 24.6 Å². The Bertz CT molecular complexity index is 1210. The molecule has 3 atom stereocenters. The maximum Gasteiger partial charge on any atom is 0.355 e. The van der Waals surface area contributed by atoms with Gasteiger partial charge in [-0.25, -0.2) is 4.79 Å². The number of carbonyl (C=O) groups excluding carboxylic acids is 3. The van der Waals surface area contributed by atoms with Gasteiger partial charge in [0.2, 0.25) is 5.91 Å². The van der Waals surface area contributed by atoms with E-state index < -0.39 is 33.9 Å². The summed E-state index contributed by atoms with van der Waals surface area (Å²) in [5.41, 5.74) is 1.65. The van der Waals surface area contributed by atoms with E-state index >= 15 is 0 Å². The summed E-state index contributed by atoms with van der Waals surface area (Å²) < 4.78 is 14.0. The number of Topliss-reactive ketones (excluding diaryl/α,β-unsaturated/α-hetero) is 1. The lowest BCUT2D eigenvalue weighted by molar-refractivity contribution is -0.158. The van der Waals surface area contributed by atoms with E-state index in [1.165, 1.54) is 0 Å². The molecule has 0 bridgehead atoms. The highest BCUT2D eigenvalue weighted by Crippen LogP contribution is 2.55. The normalized spacial score (nSPS) is 17.6. The van der Waals surface area contributed by atoms with Crippen molar-refractivity contribution in [1.82, 2.24) is 14.7 Å². The zero-order valence-electron chi connectivity index (χ0n) is 30.7. The van der Waals surface area contributed by atoms with Gasteiger partial charge in [-0.3, -0.25) is 14.3 Å². The number of unbranched alkanes of at least 4 members (excludes halogenated alkanes) is 3. The molecule has 1 aliphatic rings. The number of rotatable bonds is 21. The van der Waals surface area contributed by atoms with E-state index in [-0.39, 0.29) is 36.1 Å². The van der Waals surface area contributed by atoms with E-state index in [9.17, 15) is 14.4 Å². The molecule has 262 valence electrons. The van der Waals surface area contributed by atoms with Gasteiger partial charge in [0.1, 0.15) is 17.7 Å². The van der Waals surface area contributed by atoms with Crippen LogP contribution in [0.4, 0.5) is 0 Å². The number of ketones is 1. The molecule has 1 amide bonds. The second-order valence-electron chi connectivity index (χ2n) is 14.4. The second kappa shape index (κ2) is 18.5. The number of likely N-dealkylation sites (tertiary alicyclic amines) is 1. The van der Waals surface area contributed by atoms with E-state index in [4.69, 9.17) is 9.16 Å². The van der Waals surface area contributed by atoms with Gasteiger partial charge < -0.3 is 14.1 Å². The number of β-lactam (4-membered cyclic amide) rings is 1. The van der Waals surface area contributed by atoms with Gasteiger partial charge in [-0.2, -0.15) is 5.10 Å². The molecule has 1 fully saturated rings. The Morgan fingerprint density at radius 2 is 1.63 bits per heavy atom. The molecule has 2 rings (SSSR count).